The van der Waals surface area contributed by atoms with Gasteiger partial charge in [0, 0.05) is 24.2 Å². The van der Waals surface area contributed by atoms with Gasteiger partial charge in [-0.05, 0) is 30.3 Å². The second-order valence-corrected chi connectivity index (χ2v) is 7.34. The molecule has 0 aliphatic carbocycles. The van der Waals surface area contributed by atoms with Crippen LogP contribution in [-0.2, 0) is 9.59 Å². The minimum atomic E-state index is -0.456. The van der Waals surface area contributed by atoms with E-state index in [9.17, 15) is 18.4 Å². The number of carbonyl (C=O) groups is 2. The van der Waals surface area contributed by atoms with Gasteiger partial charge < -0.3 is 5.32 Å². The Morgan fingerprint density at radius 3 is 2.70 bits per heavy atom. The molecule has 8 heteroatoms. The van der Waals surface area contributed by atoms with E-state index >= 15 is 0 Å². The van der Waals surface area contributed by atoms with Crippen LogP contribution in [0.5, 0.6) is 0 Å². The number of carbonyl (C=O) groups excluding carboxylic acids is 2. The van der Waals surface area contributed by atoms with Crippen molar-refractivity contribution >= 4 is 51.9 Å². The normalized spacial score (nSPS) is 15.5. The molecule has 2 aromatic rings. The van der Waals surface area contributed by atoms with Crippen LogP contribution in [0.25, 0.3) is 6.08 Å². The minimum Gasteiger partial charge on any atom is -0.326 e. The van der Waals surface area contributed by atoms with Crippen molar-refractivity contribution < 1.29 is 18.4 Å². The van der Waals surface area contributed by atoms with E-state index in [0.717, 1.165) is 11.8 Å². The van der Waals surface area contributed by atoms with Gasteiger partial charge in [0.05, 0.1) is 4.91 Å². The Bertz CT molecular complexity index is 947. The highest BCUT2D eigenvalue weighted by Gasteiger charge is 2.32. The van der Waals surface area contributed by atoms with E-state index in [1.165, 1.54) is 35.2 Å². The van der Waals surface area contributed by atoms with Crippen LogP contribution in [0, 0.1) is 11.6 Å². The van der Waals surface area contributed by atoms with Crippen molar-refractivity contribution in [2.45, 2.75) is 6.42 Å². The number of nitrogens with one attached hydrogen (secondary N) is 1. The van der Waals surface area contributed by atoms with Crippen LogP contribution >= 0.6 is 24.0 Å². The lowest BCUT2D eigenvalue weighted by Gasteiger charge is -2.14. The molecule has 4 nitrogen and oxygen atoms in total. The van der Waals surface area contributed by atoms with E-state index in [4.69, 9.17) is 12.2 Å². The average Bonchev–Trinajstić information content (AvgIpc) is 2.88. The zero-order valence-corrected chi connectivity index (χ0v) is 15.6. The van der Waals surface area contributed by atoms with Gasteiger partial charge in [0.2, 0.25) is 5.91 Å². The van der Waals surface area contributed by atoms with Crippen LogP contribution in [0.3, 0.4) is 0 Å². The van der Waals surface area contributed by atoms with E-state index in [0.29, 0.717) is 20.5 Å². The van der Waals surface area contributed by atoms with Gasteiger partial charge in [-0.25, -0.2) is 8.78 Å². The Balaban J connectivity index is 1.62. The molecule has 0 spiro atoms. The first-order valence-electron chi connectivity index (χ1n) is 7.99. The van der Waals surface area contributed by atoms with Crippen LogP contribution in [0.4, 0.5) is 14.5 Å². The van der Waals surface area contributed by atoms with Gasteiger partial charge in [0.25, 0.3) is 5.91 Å². The summed E-state index contributed by atoms with van der Waals surface area (Å²) in [6.07, 6.45) is 1.44. The van der Waals surface area contributed by atoms with Crippen molar-refractivity contribution in [1.82, 2.24) is 4.90 Å². The van der Waals surface area contributed by atoms with Crippen molar-refractivity contribution in [2.75, 3.05) is 11.9 Å². The predicted octanol–water partition coefficient (Wildman–Crippen LogP) is 4.19. The SMILES string of the molecule is O=C(CCN1C(=O)/C(=C/c2ccccc2F)SC1=S)Nc1cccc(F)c1. The minimum absolute atomic E-state index is 0.00404. The number of anilines is 1. The Morgan fingerprint density at radius 2 is 1.96 bits per heavy atom. The van der Waals surface area contributed by atoms with E-state index in [1.807, 2.05) is 0 Å². The topological polar surface area (TPSA) is 49.4 Å². The summed E-state index contributed by atoms with van der Waals surface area (Å²) in [6.45, 7) is 0.0838. The highest BCUT2D eigenvalue weighted by atomic mass is 32.2. The fraction of sp³-hybridized carbons (Fsp3) is 0.105. The Labute approximate surface area is 164 Å². The van der Waals surface area contributed by atoms with Crippen LogP contribution in [0.2, 0.25) is 0 Å². The third-order valence-electron chi connectivity index (χ3n) is 3.74. The number of nitrogens with zero attached hydrogens (tertiary/aromatic N) is 1. The fourth-order valence-electron chi connectivity index (χ4n) is 2.43. The van der Waals surface area contributed by atoms with Crippen molar-refractivity contribution in [3.8, 4) is 0 Å². The Morgan fingerprint density at radius 1 is 1.19 bits per heavy atom. The monoisotopic (exact) mass is 404 g/mol. The zero-order chi connectivity index (χ0) is 19.4. The first-order chi connectivity index (χ1) is 12.9. The molecule has 1 aliphatic heterocycles. The Kier molecular flexibility index (Phi) is 5.98. The number of hydrogen-bond acceptors (Lipinski definition) is 4. The molecular weight excluding hydrogens is 390 g/mol. The van der Waals surface area contributed by atoms with Crippen molar-refractivity contribution in [1.29, 1.82) is 0 Å². The van der Waals surface area contributed by atoms with E-state index in [2.05, 4.69) is 5.32 Å². The second-order valence-electron chi connectivity index (χ2n) is 5.66. The molecule has 0 bridgehead atoms. The average molecular weight is 404 g/mol. The molecule has 1 N–H and O–H groups in total. The maximum atomic E-state index is 13.8. The molecule has 0 saturated carbocycles. The molecule has 1 fully saturated rings. The summed E-state index contributed by atoms with van der Waals surface area (Å²) < 4.78 is 27.2. The maximum Gasteiger partial charge on any atom is 0.266 e. The molecule has 2 aromatic carbocycles. The molecule has 0 atom stereocenters. The van der Waals surface area contributed by atoms with E-state index < -0.39 is 11.6 Å². The number of hydrogen-bond donors (Lipinski definition) is 1. The number of thioether (sulfide) groups is 1. The van der Waals surface area contributed by atoms with E-state index in [-0.39, 0.29) is 24.8 Å². The molecule has 0 unspecified atom stereocenters. The summed E-state index contributed by atoms with van der Waals surface area (Å²) in [6, 6.07) is 11.6. The lowest BCUT2D eigenvalue weighted by atomic mass is 10.2. The molecule has 0 aromatic heterocycles. The summed E-state index contributed by atoms with van der Waals surface area (Å²) in [5, 5.41) is 2.56. The standard InChI is InChI=1S/C19H14F2N2O2S2/c20-13-5-3-6-14(11-13)22-17(24)8-9-23-18(25)16(27-19(23)26)10-12-4-1-2-7-15(12)21/h1-7,10-11H,8-9H2,(H,22,24)/b16-10-. The number of thiocarbonyl (C=S) groups is 1. The smallest absolute Gasteiger partial charge is 0.266 e. The van der Waals surface area contributed by atoms with Crippen molar-refractivity contribution in [3.63, 3.8) is 0 Å². The molecule has 1 heterocycles. The molecule has 138 valence electrons. The number of halogens is 2. The number of benzene rings is 2. The van der Waals surface area contributed by atoms with Crippen LogP contribution in [0.15, 0.2) is 53.4 Å². The van der Waals surface area contributed by atoms with Gasteiger partial charge in [0.15, 0.2) is 0 Å². The summed E-state index contributed by atoms with van der Waals surface area (Å²) in [4.78, 5) is 26.1. The van der Waals surface area contributed by atoms with E-state index in [1.54, 1.807) is 24.3 Å². The second kappa shape index (κ2) is 8.41. The summed E-state index contributed by atoms with van der Waals surface area (Å²) in [7, 11) is 0. The highest BCUT2D eigenvalue weighted by molar-refractivity contribution is 8.26. The fourth-order valence-corrected chi connectivity index (χ4v) is 3.73. The number of amides is 2. The molecular formula is C19H14F2N2O2S2. The largest absolute Gasteiger partial charge is 0.326 e. The first-order valence-corrected chi connectivity index (χ1v) is 9.22. The highest BCUT2D eigenvalue weighted by Crippen LogP contribution is 2.33. The third kappa shape index (κ3) is 4.78. The molecule has 0 radical (unpaired) electrons. The van der Waals surface area contributed by atoms with Crippen molar-refractivity contribution in [3.05, 3.63) is 70.6 Å². The molecule has 27 heavy (non-hydrogen) atoms. The predicted molar refractivity (Wildman–Crippen MR) is 106 cm³/mol. The summed E-state index contributed by atoms with van der Waals surface area (Å²) in [5.41, 5.74) is 0.631. The molecule has 1 saturated heterocycles. The van der Waals surface area contributed by atoms with Crippen molar-refractivity contribution in [2.24, 2.45) is 0 Å². The molecule has 1 aliphatic rings. The van der Waals surface area contributed by atoms with Gasteiger partial charge in [-0.15, -0.1) is 0 Å². The first kappa shape index (κ1) is 19.2. The van der Waals surface area contributed by atoms with Gasteiger partial charge in [-0.3, -0.25) is 14.5 Å². The quantitative estimate of drug-likeness (QED) is 0.600. The third-order valence-corrected chi connectivity index (χ3v) is 5.11. The summed E-state index contributed by atoms with van der Waals surface area (Å²) in [5.74, 6) is -1.63. The lowest BCUT2D eigenvalue weighted by Crippen LogP contribution is -2.31. The lowest BCUT2D eigenvalue weighted by molar-refractivity contribution is -0.122. The van der Waals surface area contributed by atoms with Crippen LogP contribution in [0.1, 0.15) is 12.0 Å². The zero-order valence-electron chi connectivity index (χ0n) is 13.9. The van der Waals surface area contributed by atoms with Gasteiger partial charge in [0.1, 0.15) is 16.0 Å². The van der Waals surface area contributed by atoms with Gasteiger partial charge in [-0.2, -0.15) is 0 Å². The van der Waals surface area contributed by atoms with Crippen LogP contribution < -0.4 is 5.32 Å². The molecule has 3 rings (SSSR count). The van der Waals surface area contributed by atoms with Gasteiger partial charge >= 0.3 is 0 Å². The maximum absolute atomic E-state index is 13.8. The van der Waals surface area contributed by atoms with Gasteiger partial charge in [-0.1, -0.05) is 48.2 Å². The van der Waals surface area contributed by atoms with Crippen LogP contribution in [-0.4, -0.2) is 27.6 Å². The summed E-state index contributed by atoms with van der Waals surface area (Å²) >= 11 is 6.26. The Hall–Kier alpha value is -2.58. The molecule has 2 amide bonds. The number of rotatable bonds is 5.